The standard InChI is InChI=1S/C32H40FN3O4/c1-20-26(28(30(37)38)40-31(3,4)5)27(36-15-13-32(6,7)14-16-36)24(19-34-20)23-17-25(33)29(35-18-23)39-21(2)22-11-9-8-10-12-22/h8-12,17-19,21,28H,13-16H2,1-7H3,(H,37,38)/t21-,28-/m0/s1. The van der Waals surface area contributed by atoms with Crippen LogP contribution in [0.5, 0.6) is 5.88 Å². The van der Waals surface area contributed by atoms with Crippen LogP contribution in [0.4, 0.5) is 10.1 Å². The first-order chi connectivity index (χ1) is 18.8. The molecule has 0 aliphatic carbocycles. The van der Waals surface area contributed by atoms with E-state index in [4.69, 9.17) is 9.47 Å². The Morgan fingerprint density at radius 2 is 1.75 bits per heavy atom. The molecule has 0 bridgehead atoms. The zero-order chi connectivity index (χ0) is 29.2. The summed E-state index contributed by atoms with van der Waals surface area (Å²) in [5.41, 5.74) is 3.22. The molecule has 1 saturated heterocycles. The summed E-state index contributed by atoms with van der Waals surface area (Å²) in [5, 5.41) is 10.3. The molecule has 7 nitrogen and oxygen atoms in total. The maximum atomic E-state index is 15.4. The Morgan fingerprint density at radius 3 is 2.33 bits per heavy atom. The smallest absolute Gasteiger partial charge is 0.337 e. The molecule has 8 heteroatoms. The summed E-state index contributed by atoms with van der Waals surface area (Å²) >= 11 is 0. The molecule has 0 unspecified atom stereocenters. The molecule has 0 amide bonds. The Bertz CT molecular complexity index is 1340. The Morgan fingerprint density at radius 1 is 1.10 bits per heavy atom. The number of nitrogens with zero attached hydrogens (tertiary/aromatic N) is 3. The SMILES string of the molecule is Cc1ncc(-c2cnc(O[C@@H](C)c3ccccc3)c(F)c2)c(N2CCC(C)(C)CC2)c1[C@H](OC(C)(C)C)C(=O)O. The van der Waals surface area contributed by atoms with Crippen LogP contribution in [0.1, 0.15) is 83.4 Å². The van der Waals surface area contributed by atoms with Crippen molar-refractivity contribution in [3.05, 3.63) is 71.4 Å². The predicted molar refractivity (Wildman–Crippen MR) is 154 cm³/mol. The maximum Gasteiger partial charge on any atom is 0.337 e. The lowest BCUT2D eigenvalue weighted by Gasteiger charge is -2.40. The topological polar surface area (TPSA) is 84.8 Å². The molecule has 2 aromatic heterocycles. The molecule has 4 rings (SSSR count). The third kappa shape index (κ3) is 6.78. The van der Waals surface area contributed by atoms with Crippen molar-refractivity contribution < 1.29 is 23.8 Å². The number of carboxylic acid groups (broad SMARTS) is 1. The number of piperidine rings is 1. The third-order valence-electron chi connectivity index (χ3n) is 7.35. The zero-order valence-corrected chi connectivity index (χ0v) is 24.5. The fourth-order valence-electron chi connectivity index (χ4n) is 5.02. The molecule has 1 aromatic carbocycles. The number of rotatable bonds is 8. The van der Waals surface area contributed by atoms with E-state index in [1.54, 1.807) is 19.3 Å². The van der Waals surface area contributed by atoms with Crippen LogP contribution in [-0.2, 0) is 9.53 Å². The van der Waals surface area contributed by atoms with Crippen LogP contribution in [0.2, 0.25) is 0 Å². The van der Waals surface area contributed by atoms with E-state index in [1.165, 1.54) is 6.07 Å². The van der Waals surface area contributed by atoms with Gasteiger partial charge in [-0.1, -0.05) is 44.2 Å². The normalized spacial score (nSPS) is 16.9. The lowest BCUT2D eigenvalue weighted by Crippen LogP contribution is -2.39. The van der Waals surface area contributed by atoms with Crippen molar-refractivity contribution in [1.29, 1.82) is 0 Å². The minimum absolute atomic E-state index is 0.0962. The van der Waals surface area contributed by atoms with E-state index < -0.39 is 23.5 Å². The Hall–Kier alpha value is -3.52. The van der Waals surface area contributed by atoms with E-state index in [-0.39, 0.29) is 17.4 Å². The maximum absolute atomic E-state index is 15.4. The molecule has 1 fully saturated rings. The highest BCUT2D eigenvalue weighted by Gasteiger charge is 2.36. The highest BCUT2D eigenvalue weighted by molar-refractivity contribution is 5.86. The lowest BCUT2D eigenvalue weighted by molar-refractivity contribution is -0.160. The summed E-state index contributed by atoms with van der Waals surface area (Å²) < 4.78 is 27.4. The number of aromatic nitrogens is 2. The van der Waals surface area contributed by atoms with Crippen LogP contribution in [0.25, 0.3) is 11.1 Å². The quantitative estimate of drug-likeness (QED) is 0.316. The van der Waals surface area contributed by atoms with Gasteiger partial charge in [0.25, 0.3) is 5.88 Å². The number of carboxylic acids is 1. The number of aryl methyl sites for hydroxylation is 1. The monoisotopic (exact) mass is 549 g/mol. The molecule has 0 saturated carbocycles. The minimum Gasteiger partial charge on any atom is -0.479 e. The zero-order valence-electron chi connectivity index (χ0n) is 24.5. The number of ether oxygens (including phenoxy) is 2. The molecule has 1 aliphatic rings. The van der Waals surface area contributed by atoms with E-state index in [1.807, 2.05) is 58.0 Å². The van der Waals surface area contributed by atoms with Crippen molar-refractivity contribution in [2.75, 3.05) is 18.0 Å². The predicted octanol–water partition coefficient (Wildman–Crippen LogP) is 7.30. The van der Waals surface area contributed by atoms with Gasteiger partial charge in [-0.2, -0.15) is 0 Å². The molecule has 3 aromatic rings. The number of hydrogen-bond acceptors (Lipinski definition) is 6. The van der Waals surface area contributed by atoms with Gasteiger partial charge in [-0.05, 0) is 64.5 Å². The molecule has 40 heavy (non-hydrogen) atoms. The van der Waals surface area contributed by atoms with Crippen LogP contribution >= 0.6 is 0 Å². The van der Waals surface area contributed by atoms with Gasteiger partial charge in [0.1, 0.15) is 6.10 Å². The third-order valence-corrected chi connectivity index (χ3v) is 7.35. The van der Waals surface area contributed by atoms with Crippen LogP contribution in [0.15, 0.2) is 48.8 Å². The van der Waals surface area contributed by atoms with Crippen molar-refractivity contribution in [2.45, 2.75) is 79.1 Å². The number of carbonyl (C=O) groups is 1. The van der Waals surface area contributed by atoms with Gasteiger partial charge in [-0.15, -0.1) is 0 Å². The van der Waals surface area contributed by atoms with Crippen LogP contribution in [-0.4, -0.2) is 39.7 Å². The van der Waals surface area contributed by atoms with Crippen LogP contribution in [0.3, 0.4) is 0 Å². The fraction of sp³-hybridized carbons (Fsp3) is 0.469. The van der Waals surface area contributed by atoms with E-state index in [9.17, 15) is 9.90 Å². The first-order valence-electron chi connectivity index (χ1n) is 13.8. The first-order valence-corrected chi connectivity index (χ1v) is 13.8. The summed E-state index contributed by atoms with van der Waals surface area (Å²) in [5.74, 6) is -1.80. The number of anilines is 1. The summed E-state index contributed by atoms with van der Waals surface area (Å²) in [4.78, 5) is 23.7. The highest BCUT2D eigenvalue weighted by atomic mass is 19.1. The van der Waals surface area contributed by atoms with Crippen molar-refractivity contribution >= 4 is 11.7 Å². The van der Waals surface area contributed by atoms with E-state index in [2.05, 4.69) is 28.7 Å². The number of halogens is 1. The second-order valence-corrected chi connectivity index (χ2v) is 12.3. The van der Waals surface area contributed by atoms with Gasteiger partial charge in [0.2, 0.25) is 0 Å². The Kier molecular flexibility index (Phi) is 8.49. The second-order valence-electron chi connectivity index (χ2n) is 12.3. The summed E-state index contributed by atoms with van der Waals surface area (Å²) in [7, 11) is 0. The Balaban J connectivity index is 1.80. The average Bonchev–Trinajstić information content (AvgIpc) is 2.88. The number of benzene rings is 1. The molecule has 0 spiro atoms. The minimum atomic E-state index is -1.25. The summed E-state index contributed by atoms with van der Waals surface area (Å²) in [6, 6.07) is 10.9. The number of aliphatic carboxylic acids is 1. The molecule has 1 N–H and O–H groups in total. The van der Waals surface area contributed by atoms with Crippen LogP contribution in [0, 0.1) is 18.2 Å². The van der Waals surface area contributed by atoms with E-state index in [0.29, 0.717) is 28.1 Å². The fourth-order valence-corrected chi connectivity index (χ4v) is 5.02. The highest BCUT2D eigenvalue weighted by Crippen LogP contribution is 2.43. The van der Waals surface area contributed by atoms with Gasteiger partial charge in [0.05, 0.1) is 11.3 Å². The van der Waals surface area contributed by atoms with Gasteiger partial charge < -0.3 is 19.5 Å². The lowest BCUT2D eigenvalue weighted by atomic mass is 9.82. The summed E-state index contributed by atoms with van der Waals surface area (Å²) in [6.45, 7) is 15.0. The van der Waals surface area contributed by atoms with Crippen molar-refractivity contribution in [2.24, 2.45) is 5.41 Å². The van der Waals surface area contributed by atoms with Crippen LogP contribution < -0.4 is 9.64 Å². The van der Waals surface area contributed by atoms with Crippen molar-refractivity contribution in [1.82, 2.24) is 9.97 Å². The van der Waals surface area contributed by atoms with Gasteiger partial charge in [0.15, 0.2) is 11.9 Å². The second kappa shape index (κ2) is 11.5. The van der Waals surface area contributed by atoms with Gasteiger partial charge in [-0.3, -0.25) is 4.98 Å². The van der Waals surface area contributed by atoms with E-state index >= 15 is 4.39 Å². The van der Waals surface area contributed by atoms with Gasteiger partial charge in [0, 0.05) is 47.9 Å². The Labute approximate surface area is 236 Å². The van der Waals surface area contributed by atoms with Crippen molar-refractivity contribution in [3.8, 4) is 17.0 Å². The molecule has 214 valence electrons. The van der Waals surface area contributed by atoms with E-state index in [0.717, 1.165) is 31.5 Å². The largest absolute Gasteiger partial charge is 0.479 e. The van der Waals surface area contributed by atoms with Gasteiger partial charge in [-0.25, -0.2) is 14.2 Å². The average molecular weight is 550 g/mol. The molecular formula is C32H40FN3O4. The molecular weight excluding hydrogens is 509 g/mol. The summed E-state index contributed by atoms with van der Waals surface area (Å²) in [6.07, 6.45) is 3.46. The number of pyridine rings is 2. The van der Waals surface area contributed by atoms with Gasteiger partial charge >= 0.3 is 5.97 Å². The molecule has 3 heterocycles. The molecule has 1 aliphatic heterocycles. The van der Waals surface area contributed by atoms with Crippen molar-refractivity contribution in [3.63, 3.8) is 0 Å². The molecule has 0 radical (unpaired) electrons. The molecule has 2 atom stereocenters. The first kappa shape index (κ1) is 29.5. The number of hydrogen-bond donors (Lipinski definition) is 1.